The first-order valence-corrected chi connectivity index (χ1v) is 10.5. The molecule has 0 aliphatic heterocycles. The van der Waals surface area contributed by atoms with Crippen molar-refractivity contribution in [3.8, 4) is 17.3 Å². The van der Waals surface area contributed by atoms with Crippen LogP contribution in [-0.2, 0) is 12.2 Å². The van der Waals surface area contributed by atoms with E-state index in [1.807, 2.05) is 12.1 Å². The second-order valence-corrected chi connectivity index (χ2v) is 7.84. The SMILES string of the molecule is CCCc1c(SCc2ccc(OC)cc2)n[nH]c1-c1nc2ccc(C)cc2[nH]1. The Labute approximate surface area is 168 Å². The summed E-state index contributed by atoms with van der Waals surface area (Å²) in [5.74, 6) is 2.60. The Hall–Kier alpha value is -2.73. The van der Waals surface area contributed by atoms with E-state index in [9.17, 15) is 0 Å². The quantitative estimate of drug-likeness (QED) is 0.407. The van der Waals surface area contributed by atoms with Crippen molar-refractivity contribution < 1.29 is 4.74 Å². The second-order valence-electron chi connectivity index (χ2n) is 6.88. The summed E-state index contributed by atoms with van der Waals surface area (Å²) in [6.07, 6.45) is 2.02. The molecule has 0 bridgehead atoms. The predicted octanol–water partition coefficient (Wildman–Crippen LogP) is 5.51. The Bertz CT molecular complexity index is 1080. The number of aromatic amines is 2. The van der Waals surface area contributed by atoms with Gasteiger partial charge in [-0.2, -0.15) is 5.10 Å². The van der Waals surface area contributed by atoms with E-state index in [0.717, 1.165) is 51.9 Å². The van der Waals surface area contributed by atoms with Crippen LogP contribution in [0.3, 0.4) is 0 Å². The molecule has 0 unspecified atom stereocenters. The molecule has 4 aromatic rings. The Morgan fingerprint density at radius 2 is 1.93 bits per heavy atom. The topological polar surface area (TPSA) is 66.6 Å². The summed E-state index contributed by atoms with van der Waals surface area (Å²) >= 11 is 1.75. The molecule has 0 aliphatic carbocycles. The van der Waals surface area contributed by atoms with Gasteiger partial charge in [-0.1, -0.05) is 43.3 Å². The van der Waals surface area contributed by atoms with Gasteiger partial charge in [0, 0.05) is 11.3 Å². The molecule has 0 saturated carbocycles. The van der Waals surface area contributed by atoms with Crippen molar-refractivity contribution in [2.75, 3.05) is 7.11 Å². The molecule has 0 aliphatic rings. The molecule has 2 aromatic heterocycles. The summed E-state index contributed by atoms with van der Waals surface area (Å²) < 4.78 is 5.23. The predicted molar refractivity (Wildman–Crippen MR) is 115 cm³/mol. The fourth-order valence-corrected chi connectivity index (χ4v) is 4.25. The first-order chi connectivity index (χ1) is 13.7. The van der Waals surface area contributed by atoms with Gasteiger partial charge in [-0.25, -0.2) is 4.98 Å². The van der Waals surface area contributed by atoms with Crippen LogP contribution >= 0.6 is 11.8 Å². The number of benzene rings is 2. The zero-order valence-electron chi connectivity index (χ0n) is 16.4. The molecule has 28 heavy (non-hydrogen) atoms. The molecule has 2 heterocycles. The second kappa shape index (κ2) is 8.10. The fourth-order valence-electron chi connectivity index (χ4n) is 3.26. The lowest BCUT2D eigenvalue weighted by Gasteiger charge is -2.05. The van der Waals surface area contributed by atoms with E-state index >= 15 is 0 Å². The number of aromatic nitrogens is 4. The standard InChI is InChI=1S/C22H24N4OS/c1-4-5-17-20(21-23-18-11-6-14(2)12-19(18)24-21)25-26-22(17)28-13-15-7-9-16(27-3)10-8-15/h6-12H,4-5,13H2,1-3H3,(H,23,24)(H,25,26). The molecule has 0 amide bonds. The van der Waals surface area contributed by atoms with Gasteiger partial charge in [-0.3, -0.25) is 5.10 Å². The number of H-pyrrole nitrogens is 2. The third-order valence-electron chi connectivity index (χ3n) is 4.74. The highest BCUT2D eigenvalue weighted by Gasteiger charge is 2.17. The molecule has 144 valence electrons. The van der Waals surface area contributed by atoms with E-state index < -0.39 is 0 Å². The van der Waals surface area contributed by atoms with Crippen LogP contribution < -0.4 is 4.74 Å². The number of hydrogen-bond acceptors (Lipinski definition) is 4. The molecule has 5 nitrogen and oxygen atoms in total. The first kappa shape index (κ1) is 18.6. The summed E-state index contributed by atoms with van der Waals surface area (Å²) in [6, 6.07) is 14.5. The van der Waals surface area contributed by atoms with Gasteiger partial charge in [-0.15, -0.1) is 0 Å². The van der Waals surface area contributed by atoms with E-state index in [1.54, 1.807) is 18.9 Å². The van der Waals surface area contributed by atoms with E-state index in [1.165, 1.54) is 16.7 Å². The molecule has 6 heteroatoms. The maximum atomic E-state index is 5.23. The molecule has 2 N–H and O–H groups in total. The molecular formula is C22H24N4OS. The zero-order valence-corrected chi connectivity index (χ0v) is 17.2. The summed E-state index contributed by atoms with van der Waals surface area (Å²) in [6.45, 7) is 4.28. The van der Waals surface area contributed by atoms with Crippen molar-refractivity contribution in [3.63, 3.8) is 0 Å². The van der Waals surface area contributed by atoms with Crippen LogP contribution in [0.2, 0.25) is 0 Å². The molecule has 4 rings (SSSR count). The van der Waals surface area contributed by atoms with E-state index in [-0.39, 0.29) is 0 Å². The molecule has 0 spiro atoms. The third kappa shape index (κ3) is 3.78. The van der Waals surface area contributed by atoms with Gasteiger partial charge >= 0.3 is 0 Å². The monoisotopic (exact) mass is 392 g/mol. The summed E-state index contributed by atoms with van der Waals surface area (Å²) in [7, 11) is 1.69. The number of nitrogens with zero attached hydrogens (tertiary/aromatic N) is 2. The van der Waals surface area contributed by atoms with Gasteiger partial charge in [0.2, 0.25) is 0 Å². The van der Waals surface area contributed by atoms with Crippen LogP contribution in [0.4, 0.5) is 0 Å². The van der Waals surface area contributed by atoms with Crippen molar-refractivity contribution in [1.29, 1.82) is 0 Å². The van der Waals surface area contributed by atoms with Crippen LogP contribution in [0.1, 0.15) is 30.0 Å². The van der Waals surface area contributed by atoms with E-state index in [0.29, 0.717) is 0 Å². The molecule has 0 fully saturated rings. The number of hydrogen-bond donors (Lipinski definition) is 2. The third-order valence-corrected chi connectivity index (χ3v) is 5.83. The van der Waals surface area contributed by atoms with Crippen molar-refractivity contribution in [3.05, 3.63) is 59.2 Å². The van der Waals surface area contributed by atoms with Crippen molar-refractivity contribution in [1.82, 2.24) is 20.2 Å². The molecule has 0 radical (unpaired) electrons. The van der Waals surface area contributed by atoms with E-state index in [4.69, 9.17) is 9.72 Å². The minimum Gasteiger partial charge on any atom is -0.497 e. The Kier molecular flexibility index (Phi) is 5.39. The summed E-state index contributed by atoms with van der Waals surface area (Å²) in [5.41, 5.74) is 6.73. The number of imidazole rings is 1. The minimum absolute atomic E-state index is 0.854. The van der Waals surface area contributed by atoms with Gasteiger partial charge < -0.3 is 9.72 Å². The summed E-state index contributed by atoms with van der Waals surface area (Å²) in [4.78, 5) is 8.21. The average Bonchev–Trinajstić information content (AvgIpc) is 3.30. The van der Waals surface area contributed by atoms with Gasteiger partial charge in [0.1, 0.15) is 16.5 Å². The highest BCUT2D eigenvalue weighted by atomic mass is 32.2. The van der Waals surface area contributed by atoms with Gasteiger partial charge in [0.05, 0.1) is 18.1 Å². The van der Waals surface area contributed by atoms with Crippen molar-refractivity contribution >= 4 is 22.8 Å². The maximum absolute atomic E-state index is 5.23. The molecule has 2 aromatic carbocycles. The van der Waals surface area contributed by atoms with Crippen LogP contribution in [0.25, 0.3) is 22.6 Å². The molecular weight excluding hydrogens is 368 g/mol. The highest BCUT2D eigenvalue weighted by molar-refractivity contribution is 7.98. The number of nitrogens with one attached hydrogen (secondary N) is 2. The van der Waals surface area contributed by atoms with Gasteiger partial charge in [0.25, 0.3) is 0 Å². The van der Waals surface area contributed by atoms with Crippen LogP contribution in [0.5, 0.6) is 5.75 Å². The smallest absolute Gasteiger partial charge is 0.156 e. The van der Waals surface area contributed by atoms with Gasteiger partial charge in [0.15, 0.2) is 5.82 Å². The van der Waals surface area contributed by atoms with Crippen molar-refractivity contribution in [2.45, 2.75) is 37.5 Å². The number of thioether (sulfide) groups is 1. The largest absolute Gasteiger partial charge is 0.497 e. The Balaban J connectivity index is 1.60. The van der Waals surface area contributed by atoms with Crippen LogP contribution in [0.15, 0.2) is 47.5 Å². The van der Waals surface area contributed by atoms with Gasteiger partial charge in [-0.05, 0) is 48.7 Å². The zero-order chi connectivity index (χ0) is 19.5. The van der Waals surface area contributed by atoms with Crippen molar-refractivity contribution in [2.24, 2.45) is 0 Å². The highest BCUT2D eigenvalue weighted by Crippen LogP contribution is 2.32. The molecule has 0 atom stereocenters. The van der Waals surface area contributed by atoms with E-state index in [2.05, 4.69) is 59.4 Å². The lowest BCUT2D eigenvalue weighted by molar-refractivity contribution is 0.414. The molecule has 0 saturated heterocycles. The normalized spacial score (nSPS) is 11.2. The Morgan fingerprint density at radius 3 is 2.68 bits per heavy atom. The Morgan fingerprint density at radius 1 is 1.11 bits per heavy atom. The lowest BCUT2D eigenvalue weighted by atomic mass is 10.1. The number of ether oxygens (including phenoxy) is 1. The number of aryl methyl sites for hydroxylation is 1. The average molecular weight is 393 g/mol. The summed E-state index contributed by atoms with van der Waals surface area (Å²) in [5, 5.41) is 8.87. The fraction of sp³-hybridized carbons (Fsp3) is 0.273. The lowest BCUT2D eigenvalue weighted by Crippen LogP contribution is -1.90. The number of rotatable bonds is 7. The van der Waals surface area contributed by atoms with Crippen LogP contribution in [0, 0.1) is 6.92 Å². The maximum Gasteiger partial charge on any atom is 0.156 e. The first-order valence-electron chi connectivity index (χ1n) is 9.47. The number of fused-ring (bicyclic) bond motifs is 1. The van der Waals surface area contributed by atoms with Crippen LogP contribution in [-0.4, -0.2) is 27.3 Å². The number of methoxy groups -OCH3 is 1. The minimum atomic E-state index is 0.854.